The Morgan fingerprint density at radius 2 is 1.93 bits per heavy atom. The number of nitrogens with zero attached hydrogens (tertiary/aromatic N) is 3. The number of rotatable bonds is 3. The molecule has 4 rings (SSSR count). The second-order valence-corrected chi connectivity index (χ2v) is 8.28. The number of hydrogen-bond donors (Lipinski definition) is 1. The Kier molecular flexibility index (Phi) is 5.61. The first kappa shape index (κ1) is 20.2. The molecular weight excluding hydrogens is 396 g/mol. The minimum atomic E-state index is -0.0508. The number of fused-ring (bicyclic) bond motifs is 1. The van der Waals surface area contributed by atoms with Crippen molar-refractivity contribution in [3.8, 4) is 6.07 Å². The normalized spacial score (nSPS) is 14.5. The predicted octanol–water partition coefficient (Wildman–Crippen LogP) is 5.23. The number of benzene rings is 2. The minimum absolute atomic E-state index is 0.0508. The highest BCUT2D eigenvalue weighted by Gasteiger charge is 2.27. The summed E-state index contributed by atoms with van der Waals surface area (Å²) in [5, 5.41) is 14.2. The molecule has 0 atom stereocenters. The first-order valence-corrected chi connectivity index (χ1v) is 10.5. The van der Waals surface area contributed by atoms with Crippen LogP contribution in [-0.4, -0.2) is 24.0 Å². The molecule has 1 fully saturated rings. The van der Waals surface area contributed by atoms with Crippen molar-refractivity contribution >= 4 is 39.8 Å². The van der Waals surface area contributed by atoms with Gasteiger partial charge in [-0.3, -0.25) is 9.78 Å². The number of pyridine rings is 1. The molecule has 6 heteroatoms. The van der Waals surface area contributed by atoms with Crippen molar-refractivity contribution in [2.24, 2.45) is 5.92 Å². The molecule has 0 spiro atoms. The number of nitrogens with one attached hydrogen (secondary N) is 1. The van der Waals surface area contributed by atoms with E-state index in [1.54, 1.807) is 12.3 Å². The Balaban J connectivity index is 1.51. The monoisotopic (exact) mass is 418 g/mol. The smallest absolute Gasteiger partial charge is 0.227 e. The Morgan fingerprint density at radius 3 is 2.63 bits per heavy atom. The first-order chi connectivity index (χ1) is 14.5. The second-order valence-electron chi connectivity index (χ2n) is 7.84. The second kappa shape index (κ2) is 8.33. The van der Waals surface area contributed by atoms with Gasteiger partial charge in [0.05, 0.1) is 16.8 Å². The van der Waals surface area contributed by atoms with E-state index in [1.807, 2.05) is 37.3 Å². The van der Waals surface area contributed by atoms with Gasteiger partial charge in [0.25, 0.3) is 0 Å². The zero-order valence-electron chi connectivity index (χ0n) is 17.1. The summed E-state index contributed by atoms with van der Waals surface area (Å²) < 4.78 is 0. The molecule has 1 amide bonds. The molecule has 1 saturated heterocycles. The molecule has 0 unspecified atom stereocenters. The van der Waals surface area contributed by atoms with Crippen molar-refractivity contribution in [1.82, 2.24) is 4.98 Å². The van der Waals surface area contributed by atoms with E-state index >= 15 is 0 Å². The van der Waals surface area contributed by atoms with Crippen LogP contribution in [0.15, 0.2) is 42.6 Å². The molecule has 3 aromatic rings. The Bertz CT molecular complexity index is 1160. The van der Waals surface area contributed by atoms with E-state index in [4.69, 9.17) is 11.6 Å². The lowest BCUT2D eigenvalue weighted by Crippen LogP contribution is -2.38. The summed E-state index contributed by atoms with van der Waals surface area (Å²) in [6.45, 7) is 5.50. The van der Waals surface area contributed by atoms with Crippen LogP contribution < -0.4 is 10.2 Å². The SMILES string of the molecule is Cc1ccc(NC(=O)C2CCN(c3c(C#N)cnc4ccc(Cl)cc34)CC2)cc1C. The van der Waals surface area contributed by atoms with Gasteiger partial charge in [-0.15, -0.1) is 0 Å². The first-order valence-electron chi connectivity index (χ1n) is 10.1. The number of anilines is 2. The highest BCUT2D eigenvalue weighted by Crippen LogP contribution is 2.34. The van der Waals surface area contributed by atoms with Gasteiger partial charge in [-0.05, 0) is 68.1 Å². The summed E-state index contributed by atoms with van der Waals surface area (Å²) in [7, 11) is 0. The fourth-order valence-corrected chi connectivity index (χ4v) is 4.17. The minimum Gasteiger partial charge on any atom is -0.370 e. The van der Waals surface area contributed by atoms with Crippen LogP contribution in [0.3, 0.4) is 0 Å². The number of aryl methyl sites for hydroxylation is 2. The van der Waals surface area contributed by atoms with Crippen molar-refractivity contribution < 1.29 is 4.79 Å². The zero-order chi connectivity index (χ0) is 21.3. The molecule has 5 nitrogen and oxygen atoms in total. The lowest BCUT2D eigenvalue weighted by atomic mass is 9.94. The van der Waals surface area contributed by atoms with Crippen LogP contribution in [0.2, 0.25) is 5.02 Å². The van der Waals surface area contributed by atoms with E-state index in [9.17, 15) is 10.1 Å². The lowest BCUT2D eigenvalue weighted by Gasteiger charge is -2.34. The maximum Gasteiger partial charge on any atom is 0.227 e. The van der Waals surface area contributed by atoms with E-state index < -0.39 is 0 Å². The van der Waals surface area contributed by atoms with Gasteiger partial charge in [-0.2, -0.15) is 5.26 Å². The molecule has 1 N–H and O–H groups in total. The van der Waals surface area contributed by atoms with Crippen molar-refractivity contribution in [3.05, 3.63) is 64.3 Å². The zero-order valence-corrected chi connectivity index (χ0v) is 17.8. The van der Waals surface area contributed by atoms with Gasteiger partial charge in [0.15, 0.2) is 0 Å². The molecule has 0 aliphatic carbocycles. The van der Waals surface area contributed by atoms with Gasteiger partial charge in [0.2, 0.25) is 5.91 Å². The summed E-state index contributed by atoms with van der Waals surface area (Å²) in [6.07, 6.45) is 3.07. The highest BCUT2D eigenvalue weighted by atomic mass is 35.5. The van der Waals surface area contributed by atoms with Gasteiger partial charge in [0.1, 0.15) is 6.07 Å². The van der Waals surface area contributed by atoms with Crippen LogP contribution in [-0.2, 0) is 4.79 Å². The fraction of sp³-hybridized carbons (Fsp3) is 0.292. The van der Waals surface area contributed by atoms with Crippen molar-refractivity contribution in [3.63, 3.8) is 0 Å². The van der Waals surface area contributed by atoms with Crippen LogP contribution in [0.25, 0.3) is 10.9 Å². The van der Waals surface area contributed by atoms with E-state index in [0.717, 1.165) is 40.7 Å². The summed E-state index contributed by atoms with van der Waals surface area (Å²) in [5.74, 6) is 0.00567. The Morgan fingerprint density at radius 1 is 1.17 bits per heavy atom. The molecule has 2 heterocycles. The van der Waals surface area contributed by atoms with E-state index in [1.165, 1.54) is 5.56 Å². The van der Waals surface area contributed by atoms with Crippen LogP contribution in [0.5, 0.6) is 0 Å². The van der Waals surface area contributed by atoms with Crippen molar-refractivity contribution in [2.45, 2.75) is 26.7 Å². The largest absolute Gasteiger partial charge is 0.370 e. The lowest BCUT2D eigenvalue weighted by molar-refractivity contribution is -0.120. The van der Waals surface area contributed by atoms with E-state index in [-0.39, 0.29) is 11.8 Å². The van der Waals surface area contributed by atoms with Gasteiger partial charge >= 0.3 is 0 Å². The molecule has 0 saturated carbocycles. The summed E-state index contributed by atoms with van der Waals surface area (Å²) >= 11 is 6.21. The highest BCUT2D eigenvalue weighted by molar-refractivity contribution is 6.31. The van der Waals surface area contributed by atoms with Crippen LogP contribution in [0, 0.1) is 31.1 Å². The summed E-state index contributed by atoms with van der Waals surface area (Å²) in [4.78, 5) is 19.3. The van der Waals surface area contributed by atoms with Crippen LogP contribution in [0.1, 0.15) is 29.5 Å². The molecule has 1 aromatic heterocycles. The van der Waals surface area contributed by atoms with Crippen molar-refractivity contribution in [1.29, 1.82) is 5.26 Å². The third-order valence-corrected chi connectivity index (χ3v) is 6.11. The Labute approximate surface area is 181 Å². The molecular formula is C24H23ClN4O. The number of amides is 1. The maximum atomic E-state index is 12.8. The molecule has 0 bridgehead atoms. The quantitative estimate of drug-likeness (QED) is 0.632. The third kappa shape index (κ3) is 3.96. The van der Waals surface area contributed by atoms with Crippen molar-refractivity contribution in [2.75, 3.05) is 23.3 Å². The standard InChI is InChI=1S/C24H23ClN4O/c1-15-3-5-20(11-16(15)2)28-24(30)17-7-9-29(10-8-17)23-18(13-26)14-27-22-6-4-19(25)12-21(22)23/h3-6,11-12,14,17H,7-10H2,1-2H3,(H,28,30). The molecule has 1 aliphatic rings. The van der Waals surface area contributed by atoms with Crippen LogP contribution in [0.4, 0.5) is 11.4 Å². The van der Waals surface area contributed by atoms with E-state index in [0.29, 0.717) is 23.7 Å². The molecule has 1 aliphatic heterocycles. The average molecular weight is 419 g/mol. The Hall–Kier alpha value is -3.10. The molecule has 152 valence electrons. The topological polar surface area (TPSA) is 69.0 Å². The third-order valence-electron chi connectivity index (χ3n) is 5.88. The maximum absolute atomic E-state index is 12.8. The van der Waals surface area contributed by atoms with E-state index in [2.05, 4.69) is 28.2 Å². The van der Waals surface area contributed by atoms with Gasteiger partial charge in [0, 0.05) is 41.3 Å². The number of aromatic nitrogens is 1. The van der Waals surface area contributed by atoms with Gasteiger partial charge in [-0.1, -0.05) is 17.7 Å². The van der Waals surface area contributed by atoms with Crippen LogP contribution >= 0.6 is 11.6 Å². The molecule has 30 heavy (non-hydrogen) atoms. The molecule has 2 aromatic carbocycles. The number of carbonyl (C=O) groups excluding carboxylic acids is 1. The number of hydrogen-bond acceptors (Lipinski definition) is 4. The number of carbonyl (C=O) groups is 1. The van der Waals surface area contributed by atoms with Gasteiger partial charge < -0.3 is 10.2 Å². The van der Waals surface area contributed by atoms with Gasteiger partial charge in [-0.25, -0.2) is 0 Å². The number of piperidine rings is 1. The predicted molar refractivity (Wildman–Crippen MR) is 121 cm³/mol. The average Bonchev–Trinajstić information content (AvgIpc) is 2.75. The fourth-order valence-electron chi connectivity index (χ4n) is 4.00. The number of nitriles is 1. The summed E-state index contributed by atoms with van der Waals surface area (Å²) in [6, 6.07) is 13.8. The number of halogens is 1. The molecule has 0 radical (unpaired) electrons. The summed E-state index contributed by atoms with van der Waals surface area (Å²) in [5.41, 5.74) is 5.41.